The van der Waals surface area contributed by atoms with E-state index < -0.39 is 5.92 Å². The largest absolute Gasteiger partial charge is 0.378 e. The van der Waals surface area contributed by atoms with Crippen molar-refractivity contribution in [3.63, 3.8) is 0 Å². The molecular formula is C23H24ClN5O4S3. The van der Waals surface area contributed by atoms with Gasteiger partial charge in [0, 0.05) is 47.5 Å². The van der Waals surface area contributed by atoms with Gasteiger partial charge in [0.2, 0.25) is 5.91 Å². The third-order valence-corrected chi connectivity index (χ3v) is 9.37. The zero-order valence-corrected chi connectivity index (χ0v) is 22.7. The average Bonchev–Trinajstić information content (AvgIpc) is 3.65. The van der Waals surface area contributed by atoms with Crippen molar-refractivity contribution in [3.05, 3.63) is 49.6 Å². The van der Waals surface area contributed by atoms with E-state index in [1.807, 2.05) is 17.5 Å². The molecule has 9 nitrogen and oxygen atoms in total. The fourth-order valence-corrected chi connectivity index (χ4v) is 6.98. The summed E-state index contributed by atoms with van der Waals surface area (Å²) < 4.78 is 7.35. The molecular weight excluding hydrogens is 542 g/mol. The second-order valence-corrected chi connectivity index (χ2v) is 12.1. The van der Waals surface area contributed by atoms with E-state index in [4.69, 9.17) is 21.3 Å². The normalized spacial score (nSPS) is 20.7. The summed E-state index contributed by atoms with van der Waals surface area (Å²) in [5, 5.41) is 8.67. The Morgan fingerprint density at radius 3 is 2.72 bits per heavy atom. The summed E-state index contributed by atoms with van der Waals surface area (Å²) in [6.45, 7) is 3.99. The topological polar surface area (TPSA) is 97.6 Å². The number of halogens is 1. The standard InChI is InChI=1S/C23H24ClN5O4S3/c1-14-17(4-6-28(20(14)30)23(32)27-7-9-33-10-8-27)19-25-22(35-13-16-2-3-18(24)36-16)29(26-19)21(31)15-5-11-34-12-15/h2-3,5,11-12,14,17H,4,6-10,13H2,1H3. The third-order valence-electron chi connectivity index (χ3n) is 6.29. The molecule has 3 aromatic heterocycles. The number of rotatable bonds is 5. The monoisotopic (exact) mass is 565 g/mol. The van der Waals surface area contributed by atoms with Crippen LogP contribution >= 0.6 is 46.0 Å². The van der Waals surface area contributed by atoms with Crippen LogP contribution in [0, 0.1) is 5.92 Å². The van der Waals surface area contributed by atoms with Crippen LogP contribution in [0.15, 0.2) is 34.1 Å². The Labute approximate surface area is 225 Å². The maximum atomic E-state index is 13.2. The molecule has 2 aliphatic heterocycles. The number of thioether (sulfide) groups is 1. The predicted octanol–water partition coefficient (Wildman–Crippen LogP) is 4.44. The number of piperidine rings is 1. The predicted molar refractivity (Wildman–Crippen MR) is 139 cm³/mol. The first kappa shape index (κ1) is 25.4. The number of hydrogen-bond acceptors (Lipinski definition) is 9. The van der Waals surface area contributed by atoms with Gasteiger partial charge in [0.15, 0.2) is 11.0 Å². The van der Waals surface area contributed by atoms with Gasteiger partial charge in [0.1, 0.15) is 0 Å². The number of amides is 3. The molecule has 0 aromatic carbocycles. The van der Waals surface area contributed by atoms with Gasteiger partial charge in [-0.05, 0) is 30.0 Å². The molecule has 3 aromatic rings. The van der Waals surface area contributed by atoms with Gasteiger partial charge in [-0.3, -0.25) is 14.5 Å². The van der Waals surface area contributed by atoms with Crippen LogP contribution in [-0.4, -0.2) is 75.3 Å². The Morgan fingerprint density at radius 2 is 2.03 bits per heavy atom. The number of morpholine rings is 1. The first-order chi connectivity index (χ1) is 17.4. The molecule has 2 aliphatic rings. The van der Waals surface area contributed by atoms with Crippen molar-refractivity contribution in [2.75, 3.05) is 32.8 Å². The molecule has 2 saturated heterocycles. The van der Waals surface area contributed by atoms with Gasteiger partial charge >= 0.3 is 6.03 Å². The summed E-state index contributed by atoms with van der Waals surface area (Å²) in [6.07, 6.45) is 0.532. The zero-order chi connectivity index (χ0) is 25.2. The lowest BCUT2D eigenvalue weighted by atomic mass is 9.85. The van der Waals surface area contributed by atoms with Crippen LogP contribution in [0.3, 0.4) is 0 Å². The number of carbonyl (C=O) groups is 3. The molecule has 0 aliphatic carbocycles. The summed E-state index contributed by atoms with van der Waals surface area (Å²) in [7, 11) is 0. The lowest BCUT2D eigenvalue weighted by molar-refractivity contribution is -0.136. The van der Waals surface area contributed by atoms with Crippen molar-refractivity contribution >= 4 is 63.9 Å². The Kier molecular flexibility index (Phi) is 7.77. The summed E-state index contributed by atoms with van der Waals surface area (Å²) in [6, 6.07) is 5.27. The van der Waals surface area contributed by atoms with Crippen molar-refractivity contribution in [1.82, 2.24) is 24.6 Å². The minimum Gasteiger partial charge on any atom is -0.378 e. The molecule has 0 N–H and O–H groups in total. The van der Waals surface area contributed by atoms with Crippen LogP contribution in [0.2, 0.25) is 4.34 Å². The first-order valence-electron chi connectivity index (χ1n) is 11.5. The molecule has 2 atom stereocenters. The van der Waals surface area contributed by atoms with E-state index in [9.17, 15) is 14.4 Å². The van der Waals surface area contributed by atoms with Crippen LogP contribution < -0.4 is 0 Å². The highest BCUT2D eigenvalue weighted by Crippen LogP contribution is 2.35. The van der Waals surface area contributed by atoms with Crippen molar-refractivity contribution in [2.24, 2.45) is 5.92 Å². The van der Waals surface area contributed by atoms with E-state index in [0.717, 1.165) is 4.88 Å². The van der Waals surface area contributed by atoms with Crippen molar-refractivity contribution in [1.29, 1.82) is 0 Å². The van der Waals surface area contributed by atoms with Gasteiger partial charge < -0.3 is 9.64 Å². The minimum absolute atomic E-state index is 0.245. The van der Waals surface area contributed by atoms with Crippen molar-refractivity contribution in [3.8, 4) is 0 Å². The highest BCUT2D eigenvalue weighted by Gasteiger charge is 2.41. The van der Waals surface area contributed by atoms with Crippen LogP contribution in [0.4, 0.5) is 4.79 Å². The highest BCUT2D eigenvalue weighted by atomic mass is 35.5. The van der Waals surface area contributed by atoms with Crippen LogP contribution in [0.5, 0.6) is 0 Å². The van der Waals surface area contributed by atoms with Crippen LogP contribution in [-0.2, 0) is 15.3 Å². The zero-order valence-electron chi connectivity index (χ0n) is 19.5. The molecule has 2 unspecified atom stereocenters. The number of aromatic nitrogens is 3. The average molecular weight is 566 g/mol. The molecule has 3 amide bonds. The molecule has 36 heavy (non-hydrogen) atoms. The molecule has 5 rings (SSSR count). The number of urea groups is 1. The molecule has 190 valence electrons. The van der Waals surface area contributed by atoms with Crippen molar-refractivity contribution in [2.45, 2.75) is 30.2 Å². The number of hydrogen-bond donors (Lipinski definition) is 0. The molecule has 13 heteroatoms. The van der Waals surface area contributed by atoms with E-state index in [0.29, 0.717) is 59.4 Å². The summed E-state index contributed by atoms with van der Waals surface area (Å²) in [5.41, 5.74) is 0.535. The number of likely N-dealkylation sites (tertiary alicyclic amines) is 1. The number of nitrogens with zero attached hydrogens (tertiary/aromatic N) is 5. The van der Waals surface area contributed by atoms with E-state index in [1.165, 1.54) is 44.0 Å². The first-order valence-corrected chi connectivity index (χ1v) is 14.6. The van der Waals surface area contributed by atoms with Crippen LogP contribution in [0.25, 0.3) is 0 Å². The van der Waals surface area contributed by atoms with E-state index in [-0.39, 0.29) is 30.3 Å². The lowest BCUT2D eigenvalue weighted by Gasteiger charge is -2.37. The van der Waals surface area contributed by atoms with Gasteiger partial charge in [-0.25, -0.2) is 9.78 Å². The quantitative estimate of drug-likeness (QED) is 0.422. The Hall–Kier alpha value is -2.25. The van der Waals surface area contributed by atoms with E-state index in [2.05, 4.69) is 5.10 Å². The number of imide groups is 1. The highest BCUT2D eigenvalue weighted by molar-refractivity contribution is 7.98. The fraction of sp³-hybridized carbons (Fsp3) is 0.435. The minimum atomic E-state index is -0.496. The Bertz CT molecular complexity index is 1250. The second kappa shape index (κ2) is 11.0. The summed E-state index contributed by atoms with van der Waals surface area (Å²) >= 11 is 10.4. The van der Waals surface area contributed by atoms with Gasteiger partial charge in [0.05, 0.1) is 23.1 Å². The van der Waals surface area contributed by atoms with Gasteiger partial charge in [0.25, 0.3) is 5.91 Å². The maximum Gasteiger partial charge on any atom is 0.326 e. The van der Waals surface area contributed by atoms with Crippen LogP contribution in [0.1, 0.15) is 40.3 Å². The summed E-state index contributed by atoms with van der Waals surface area (Å²) in [5.74, 6) is -0.257. The second-order valence-electron chi connectivity index (χ2n) is 8.53. The number of carbonyl (C=O) groups excluding carboxylic acids is 3. The molecule has 0 bridgehead atoms. The third kappa shape index (κ3) is 5.23. The molecule has 5 heterocycles. The summed E-state index contributed by atoms with van der Waals surface area (Å²) in [4.78, 5) is 48.1. The van der Waals surface area contributed by atoms with Gasteiger partial charge in [-0.2, -0.15) is 16.0 Å². The molecule has 0 spiro atoms. The smallest absolute Gasteiger partial charge is 0.326 e. The van der Waals surface area contributed by atoms with Gasteiger partial charge in [-0.1, -0.05) is 30.3 Å². The molecule has 0 radical (unpaired) electrons. The van der Waals surface area contributed by atoms with Gasteiger partial charge in [-0.15, -0.1) is 16.4 Å². The van der Waals surface area contributed by atoms with Crippen molar-refractivity contribution < 1.29 is 19.1 Å². The Balaban J connectivity index is 1.37. The maximum absolute atomic E-state index is 13.2. The van der Waals surface area contributed by atoms with E-state index >= 15 is 0 Å². The molecule has 2 fully saturated rings. The number of thiophene rings is 2. The fourth-order valence-electron chi connectivity index (χ4n) is 4.28. The Morgan fingerprint density at radius 1 is 1.22 bits per heavy atom. The molecule has 0 saturated carbocycles. The number of ether oxygens (including phenoxy) is 1. The van der Waals surface area contributed by atoms with E-state index in [1.54, 1.807) is 23.3 Å². The SMILES string of the molecule is CC1C(=O)N(C(=O)N2CCOCC2)CCC1c1nc(SCc2ccc(Cl)s2)n(C(=O)c2ccsc2)n1. The lowest BCUT2D eigenvalue weighted by Crippen LogP contribution is -2.54.